The van der Waals surface area contributed by atoms with Crippen LogP contribution in [0.15, 0.2) is 24.3 Å². The zero-order chi connectivity index (χ0) is 13.0. The number of hydrogen-bond donors (Lipinski definition) is 1. The van der Waals surface area contributed by atoms with E-state index >= 15 is 0 Å². The van der Waals surface area contributed by atoms with E-state index in [1.54, 1.807) is 12.2 Å². The van der Waals surface area contributed by atoms with Gasteiger partial charge in [0.25, 0.3) is 10.1 Å². The van der Waals surface area contributed by atoms with Gasteiger partial charge in [-0.05, 0) is 27.2 Å². The Morgan fingerprint density at radius 2 is 2.06 bits per heavy atom. The third kappa shape index (κ3) is 6.76. The molecule has 0 unspecified atom stereocenters. The van der Waals surface area contributed by atoms with Gasteiger partial charge in [-0.1, -0.05) is 24.3 Å². The first kappa shape index (κ1) is 15.3. The highest BCUT2D eigenvalue weighted by Crippen LogP contribution is 2.19. The number of rotatable bonds is 6. The molecule has 0 aromatic heterocycles. The van der Waals surface area contributed by atoms with Crippen molar-refractivity contribution in [3.8, 4) is 0 Å². The van der Waals surface area contributed by atoms with E-state index in [-0.39, 0.29) is 0 Å². The molecule has 0 fully saturated rings. The van der Waals surface area contributed by atoms with E-state index < -0.39 is 21.8 Å². The van der Waals surface area contributed by atoms with Crippen molar-refractivity contribution in [1.82, 2.24) is 0 Å². The molecule has 0 heterocycles. The van der Waals surface area contributed by atoms with E-state index in [9.17, 15) is 13.5 Å². The maximum atomic E-state index is 11.0. The van der Waals surface area contributed by atoms with Crippen LogP contribution in [0.5, 0.6) is 0 Å². The summed E-state index contributed by atoms with van der Waals surface area (Å²) in [7, 11) is -3.58. The van der Waals surface area contributed by atoms with Gasteiger partial charge in [-0.15, -0.1) is 0 Å². The fourth-order valence-corrected chi connectivity index (χ4v) is 1.77. The average Bonchev–Trinajstić information content (AvgIpc) is 2.08. The van der Waals surface area contributed by atoms with Crippen molar-refractivity contribution in [3.63, 3.8) is 0 Å². The van der Waals surface area contributed by atoms with Crippen LogP contribution in [-0.2, 0) is 14.3 Å². The molecule has 0 spiro atoms. The lowest BCUT2D eigenvalue weighted by Gasteiger charge is -2.27. The Hall–Kier alpha value is -0.650. The first-order chi connectivity index (χ1) is 7.06. The van der Waals surface area contributed by atoms with Gasteiger partial charge >= 0.3 is 0 Å². The van der Waals surface area contributed by atoms with Crippen LogP contribution in [0.3, 0.4) is 0 Å². The molecule has 0 aliphatic rings. The monoisotopic (exact) mass is 248 g/mol. The van der Waals surface area contributed by atoms with Gasteiger partial charge in [-0.25, -0.2) is 0 Å². The Kier molecular flexibility index (Phi) is 5.38. The van der Waals surface area contributed by atoms with Gasteiger partial charge in [0.05, 0.1) is 11.9 Å². The second-order valence-electron chi connectivity index (χ2n) is 4.33. The fourth-order valence-electron chi connectivity index (χ4n) is 1.03. The molecule has 0 aromatic carbocycles. The SMILES string of the molecule is C=C/C(C)=C\C[C@@H](OS(C)(=O)=O)C(C)(C)O. The first-order valence-electron chi connectivity index (χ1n) is 4.96. The second kappa shape index (κ2) is 5.61. The molecule has 0 saturated carbocycles. The Morgan fingerprint density at radius 1 is 1.56 bits per heavy atom. The number of hydrogen-bond acceptors (Lipinski definition) is 4. The van der Waals surface area contributed by atoms with E-state index in [4.69, 9.17) is 4.18 Å². The lowest BCUT2D eigenvalue weighted by atomic mass is 9.98. The summed E-state index contributed by atoms with van der Waals surface area (Å²) >= 11 is 0. The van der Waals surface area contributed by atoms with E-state index in [2.05, 4.69) is 6.58 Å². The predicted molar refractivity (Wildman–Crippen MR) is 64.6 cm³/mol. The molecule has 94 valence electrons. The Labute approximate surface area is 97.8 Å². The molecular formula is C11H20O4S. The molecule has 1 N–H and O–H groups in total. The molecule has 4 nitrogen and oxygen atoms in total. The third-order valence-corrected chi connectivity index (χ3v) is 2.64. The topological polar surface area (TPSA) is 63.6 Å². The summed E-state index contributed by atoms with van der Waals surface area (Å²) in [6.07, 6.45) is 3.92. The molecule has 5 heteroatoms. The molecule has 1 atom stereocenters. The van der Waals surface area contributed by atoms with Gasteiger partial charge < -0.3 is 5.11 Å². The minimum atomic E-state index is -3.58. The molecule has 0 aromatic rings. The van der Waals surface area contributed by atoms with Crippen molar-refractivity contribution in [2.75, 3.05) is 6.26 Å². The normalized spacial score (nSPS) is 15.9. The maximum Gasteiger partial charge on any atom is 0.264 e. The van der Waals surface area contributed by atoms with Crippen LogP contribution < -0.4 is 0 Å². The zero-order valence-electron chi connectivity index (χ0n) is 10.2. The van der Waals surface area contributed by atoms with Crippen LogP contribution in [0.1, 0.15) is 27.2 Å². The molecule has 0 rings (SSSR count). The van der Waals surface area contributed by atoms with E-state index in [1.165, 1.54) is 13.8 Å². The van der Waals surface area contributed by atoms with Gasteiger partial charge in [-0.2, -0.15) is 8.42 Å². The minimum absolute atomic E-state index is 0.314. The summed E-state index contributed by atoms with van der Waals surface area (Å²) in [5.74, 6) is 0. The zero-order valence-corrected chi connectivity index (χ0v) is 11.0. The van der Waals surface area contributed by atoms with Crippen molar-refractivity contribution in [3.05, 3.63) is 24.3 Å². The van der Waals surface area contributed by atoms with Gasteiger partial charge in [0, 0.05) is 0 Å². The van der Waals surface area contributed by atoms with E-state index in [1.807, 2.05) is 6.92 Å². The largest absolute Gasteiger partial charge is 0.388 e. The molecular weight excluding hydrogens is 228 g/mol. The van der Waals surface area contributed by atoms with Crippen LogP contribution in [-0.4, -0.2) is 31.5 Å². The van der Waals surface area contributed by atoms with Gasteiger partial charge in [-0.3, -0.25) is 4.18 Å². The van der Waals surface area contributed by atoms with Crippen LogP contribution >= 0.6 is 0 Å². The Balaban J connectivity index is 4.78. The van der Waals surface area contributed by atoms with Crippen molar-refractivity contribution in [1.29, 1.82) is 0 Å². The van der Waals surface area contributed by atoms with E-state index in [0.717, 1.165) is 11.8 Å². The van der Waals surface area contributed by atoms with Gasteiger partial charge in [0.15, 0.2) is 0 Å². The van der Waals surface area contributed by atoms with Crippen LogP contribution in [0.4, 0.5) is 0 Å². The van der Waals surface area contributed by atoms with Crippen LogP contribution in [0, 0.1) is 0 Å². The fraction of sp³-hybridized carbons (Fsp3) is 0.636. The highest BCUT2D eigenvalue weighted by Gasteiger charge is 2.29. The molecule has 0 bridgehead atoms. The quantitative estimate of drug-likeness (QED) is 0.573. The van der Waals surface area contributed by atoms with Gasteiger partial charge in [0.1, 0.15) is 6.10 Å². The lowest BCUT2D eigenvalue weighted by Crippen LogP contribution is -2.39. The standard InChI is InChI=1S/C11H20O4S/c1-6-9(2)7-8-10(11(3,4)12)15-16(5,13)14/h6-7,10,12H,1,8H2,2-5H3/b9-7-/t10-/m1/s1. The predicted octanol–water partition coefficient (Wildman–Crippen LogP) is 1.62. The van der Waals surface area contributed by atoms with Crippen molar-refractivity contribution in [2.45, 2.75) is 38.9 Å². The Morgan fingerprint density at radius 3 is 2.38 bits per heavy atom. The average molecular weight is 248 g/mol. The van der Waals surface area contributed by atoms with E-state index in [0.29, 0.717) is 6.42 Å². The van der Waals surface area contributed by atoms with Crippen LogP contribution in [0.25, 0.3) is 0 Å². The third-order valence-electron chi connectivity index (χ3n) is 2.05. The highest BCUT2D eigenvalue weighted by atomic mass is 32.2. The number of allylic oxidation sites excluding steroid dienone is 2. The van der Waals surface area contributed by atoms with Crippen molar-refractivity contribution >= 4 is 10.1 Å². The summed E-state index contributed by atoms with van der Waals surface area (Å²) in [6, 6.07) is 0. The summed E-state index contributed by atoms with van der Waals surface area (Å²) in [5, 5.41) is 9.78. The molecule has 0 saturated heterocycles. The second-order valence-corrected chi connectivity index (χ2v) is 5.93. The molecule has 0 amide bonds. The van der Waals surface area contributed by atoms with Crippen LogP contribution in [0.2, 0.25) is 0 Å². The number of aliphatic hydroxyl groups is 1. The summed E-state index contributed by atoms with van der Waals surface area (Å²) < 4.78 is 26.9. The summed E-state index contributed by atoms with van der Waals surface area (Å²) in [5.41, 5.74) is -0.313. The smallest absolute Gasteiger partial charge is 0.264 e. The minimum Gasteiger partial charge on any atom is -0.388 e. The van der Waals surface area contributed by atoms with Crippen molar-refractivity contribution < 1.29 is 17.7 Å². The summed E-state index contributed by atoms with van der Waals surface area (Å²) in [6.45, 7) is 8.46. The highest BCUT2D eigenvalue weighted by molar-refractivity contribution is 7.86. The summed E-state index contributed by atoms with van der Waals surface area (Å²) in [4.78, 5) is 0. The molecule has 16 heavy (non-hydrogen) atoms. The Bertz CT molecular complexity index is 360. The van der Waals surface area contributed by atoms with Gasteiger partial charge in [0.2, 0.25) is 0 Å². The van der Waals surface area contributed by atoms with Crippen molar-refractivity contribution in [2.24, 2.45) is 0 Å². The first-order valence-corrected chi connectivity index (χ1v) is 6.77. The lowest BCUT2D eigenvalue weighted by molar-refractivity contribution is -0.0286. The molecule has 0 aliphatic carbocycles. The molecule has 0 aliphatic heterocycles. The maximum absolute atomic E-state index is 11.0. The molecule has 0 radical (unpaired) electrons.